The van der Waals surface area contributed by atoms with E-state index in [2.05, 4.69) is 20.8 Å². The molecule has 2 rings (SSSR count). The summed E-state index contributed by atoms with van der Waals surface area (Å²) < 4.78 is 6.91. The first-order chi connectivity index (χ1) is 6.98. The average Bonchev–Trinajstić information content (AvgIpc) is 2.03. The normalized spacial score (nSPS) is 17.5. The van der Waals surface area contributed by atoms with Crippen molar-refractivity contribution in [3.63, 3.8) is 0 Å². The molecule has 0 aliphatic carbocycles. The van der Waals surface area contributed by atoms with Gasteiger partial charge >= 0.3 is 0 Å². The second-order valence-corrected chi connectivity index (χ2v) is 5.10. The average molecular weight is 207 g/mol. The number of hydrogen-bond donors (Lipinski definition) is 0. The van der Waals surface area contributed by atoms with Crippen molar-refractivity contribution in [1.29, 1.82) is 0 Å². The molecule has 1 fully saturated rings. The Bertz CT molecular complexity index is 410. The summed E-state index contributed by atoms with van der Waals surface area (Å²) in [5.74, 6) is 0. The molecule has 15 heavy (non-hydrogen) atoms. The third-order valence-corrected chi connectivity index (χ3v) is 2.82. The van der Waals surface area contributed by atoms with Gasteiger partial charge in [0.1, 0.15) is 0 Å². The lowest BCUT2D eigenvalue weighted by atomic mass is 9.88. The van der Waals surface area contributed by atoms with Crippen LogP contribution in [0.3, 0.4) is 0 Å². The van der Waals surface area contributed by atoms with E-state index in [4.69, 9.17) is 4.74 Å². The zero-order valence-corrected chi connectivity index (χ0v) is 9.49. The summed E-state index contributed by atoms with van der Waals surface area (Å²) in [6, 6.07) is 3.80. The molecule has 0 spiro atoms. The van der Waals surface area contributed by atoms with Gasteiger partial charge in [-0.15, -0.1) is 0 Å². The minimum Gasteiger partial charge on any atom is -0.377 e. The predicted molar refractivity (Wildman–Crippen MR) is 59.3 cm³/mol. The summed E-state index contributed by atoms with van der Waals surface area (Å²) in [5.41, 5.74) is 1.34. The van der Waals surface area contributed by atoms with Gasteiger partial charge in [-0.2, -0.15) is 0 Å². The highest BCUT2D eigenvalue weighted by molar-refractivity contribution is 5.19. The molecule has 1 aromatic rings. The Kier molecular flexibility index (Phi) is 2.43. The lowest BCUT2D eigenvalue weighted by Crippen LogP contribution is -2.37. The summed E-state index contributed by atoms with van der Waals surface area (Å²) in [6.07, 6.45) is 1.97. The fraction of sp³-hybridized carbons (Fsp3) is 0.583. The van der Waals surface area contributed by atoms with Gasteiger partial charge in [0.25, 0.3) is 5.56 Å². The lowest BCUT2D eigenvalue weighted by molar-refractivity contribution is -0.0249. The summed E-state index contributed by atoms with van der Waals surface area (Å²) in [4.78, 5) is 11.6. The van der Waals surface area contributed by atoms with Gasteiger partial charge in [-0.25, -0.2) is 0 Å². The fourth-order valence-corrected chi connectivity index (χ4v) is 1.62. The Morgan fingerprint density at radius 3 is 2.47 bits per heavy atom. The van der Waals surface area contributed by atoms with Crippen molar-refractivity contribution in [1.82, 2.24) is 4.57 Å². The molecule has 0 unspecified atom stereocenters. The Morgan fingerprint density at radius 2 is 2.00 bits per heavy atom. The van der Waals surface area contributed by atoms with E-state index in [9.17, 15) is 4.79 Å². The molecule has 1 aliphatic rings. The zero-order chi connectivity index (χ0) is 11.1. The van der Waals surface area contributed by atoms with Crippen LogP contribution in [-0.2, 0) is 10.2 Å². The molecule has 0 aromatic carbocycles. The van der Waals surface area contributed by atoms with Crippen molar-refractivity contribution in [3.8, 4) is 0 Å². The summed E-state index contributed by atoms with van der Waals surface area (Å²) in [7, 11) is 0. The molecule has 1 aliphatic heterocycles. The van der Waals surface area contributed by atoms with E-state index in [1.54, 1.807) is 10.6 Å². The van der Waals surface area contributed by atoms with Crippen LogP contribution in [0.1, 0.15) is 32.4 Å². The number of nitrogens with zero attached hydrogens (tertiary/aromatic N) is 1. The first-order valence-electron chi connectivity index (χ1n) is 5.29. The molecule has 0 amide bonds. The van der Waals surface area contributed by atoms with Crippen LogP contribution < -0.4 is 5.56 Å². The second kappa shape index (κ2) is 3.49. The van der Waals surface area contributed by atoms with Crippen molar-refractivity contribution in [3.05, 3.63) is 34.2 Å². The Morgan fingerprint density at radius 1 is 1.33 bits per heavy atom. The smallest absolute Gasteiger partial charge is 0.250 e. The van der Waals surface area contributed by atoms with Crippen LogP contribution in [0.25, 0.3) is 0 Å². The SMILES string of the molecule is CC(C)(C)c1ccc(=O)n(C2COC2)c1. The third kappa shape index (κ3) is 1.97. The highest BCUT2D eigenvalue weighted by Gasteiger charge is 2.23. The summed E-state index contributed by atoms with van der Waals surface area (Å²) in [5, 5.41) is 0. The van der Waals surface area contributed by atoms with E-state index in [-0.39, 0.29) is 17.0 Å². The molecule has 0 bridgehead atoms. The van der Waals surface area contributed by atoms with E-state index in [1.807, 2.05) is 12.3 Å². The van der Waals surface area contributed by atoms with Gasteiger partial charge in [0.2, 0.25) is 0 Å². The van der Waals surface area contributed by atoms with Crippen LogP contribution in [0.5, 0.6) is 0 Å². The van der Waals surface area contributed by atoms with E-state index in [0.717, 1.165) is 0 Å². The van der Waals surface area contributed by atoms with E-state index < -0.39 is 0 Å². The largest absolute Gasteiger partial charge is 0.377 e. The Hall–Kier alpha value is -1.09. The van der Waals surface area contributed by atoms with Gasteiger partial charge in [0.05, 0.1) is 19.3 Å². The minimum absolute atomic E-state index is 0.0660. The maximum absolute atomic E-state index is 11.6. The molecule has 0 radical (unpaired) electrons. The Labute approximate surface area is 89.7 Å². The number of pyridine rings is 1. The summed E-state index contributed by atoms with van der Waals surface area (Å²) in [6.45, 7) is 7.76. The van der Waals surface area contributed by atoms with Crippen LogP contribution in [0, 0.1) is 0 Å². The van der Waals surface area contributed by atoms with Gasteiger partial charge in [-0.3, -0.25) is 4.79 Å². The highest BCUT2D eigenvalue weighted by Crippen LogP contribution is 2.22. The van der Waals surface area contributed by atoms with Crippen LogP contribution >= 0.6 is 0 Å². The number of hydrogen-bond acceptors (Lipinski definition) is 2. The number of rotatable bonds is 1. The van der Waals surface area contributed by atoms with Crippen LogP contribution in [-0.4, -0.2) is 17.8 Å². The molecule has 0 N–H and O–H groups in total. The predicted octanol–water partition coefficient (Wildman–Crippen LogP) is 1.72. The molecule has 3 nitrogen and oxygen atoms in total. The second-order valence-electron chi connectivity index (χ2n) is 5.10. The zero-order valence-electron chi connectivity index (χ0n) is 9.49. The first-order valence-corrected chi connectivity index (χ1v) is 5.29. The van der Waals surface area contributed by atoms with Crippen molar-refractivity contribution >= 4 is 0 Å². The highest BCUT2D eigenvalue weighted by atomic mass is 16.5. The van der Waals surface area contributed by atoms with Crippen LogP contribution in [0.4, 0.5) is 0 Å². The minimum atomic E-state index is 0.0660. The lowest BCUT2D eigenvalue weighted by Gasteiger charge is -2.29. The van der Waals surface area contributed by atoms with Gasteiger partial charge in [-0.1, -0.05) is 26.8 Å². The molecule has 3 heteroatoms. The molecule has 0 atom stereocenters. The number of aromatic nitrogens is 1. The van der Waals surface area contributed by atoms with Gasteiger partial charge < -0.3 is 9.30 Å². The third-order valence-electron chi connectivity index (χ3n) is 2.82. The van der Waals surface area contributed by atoms with Gasteiger partial charge in [-0.05, 0) is 11.0 Å². The molecule has 2 heterocycles. The van der Waals surface area contributed by atoms with Crippen LogP contribution in [0.15, 0.2) is 23.1 Å². The van der Waals surface area contributed by atoms with Crippen molar-refractivity contribution < 1.29 is 4.74 Å². The molecular formula is C12H17NO2. The first kappa shape index (κ1) is 10.4. The topological polar surface area (TPSA) is 31.2 Å². The maximum atomic E-state index is 11.6. The van der Waals surface area contributed by atoms with Crippen molar-refractivity contribution in [2.24, 2.45) is 0 Å². The summed E-state index contributed by atoms with van der Waals surface area (Å²) >= 11 is 0. The molecule has 1 saturated heterocycles. The van der Waals surface area contributed by atoms with Gasteiger partial charge in [0.15, 0.2) is 0 Å². The van der Waals surface area contributed by atoms with Crippen molar-refractivity contribution in [2.75, 3.05) is 13.2 Å². The van der Waals surface area contributed by atoms with Crippen molar-refractivity contribution in [2.45, 2.75) is 32.2 Å². The van der Waals surface area contributed by atoms with Gasteiger partial charge in [0, 0.05) is 12.3 Å². The molecule has 1 aromatic heterocycles. The van der Waals surface area contributed by atoms with E-state index in [1.165, 1.54) is 5.56 Å². The monoisotopic (exact) mass is 207 g/mol. The quantitative estimate of drug-likeness (QED) is 0.702. The van der Waals surface area contributed by atoms with Crippen LogP contribution in [0.2, 0.25) is 0 Å². The molecule has 0 saturated carbocycles. The Balaban J connectivity index is 2.41. The van der Waals surface area contributed by atoms with E-state index in [0.29, 0.717) is 13.2 Å². The molecular weight excluding hydrogens is 190 g/mol. The standard InChI is InChI=1S/C12H17NO2/c1-12(2,3)9-4-5-11(14)13(6-9)10-7-15-8-10/h4-6,10H,7-8H2,1-3H3. The molecule has 82 valence electrons. The number of ether oxygens (including phenoxy) is 1. The van der Waals surface area contributed by atoms with E-state index >= 15 is 0 Å². The maximum Gasteiger partial charge on any atom is 0.250 e. The fourth-order valence-electron chi connectivity index (χ4n) is 1.62.